The Morgan fingerprint density at radius 1 is 1.38 bits per heavy atom. The molecular formula is C17H25N3O3S. The van der Waals surface area contributed by atoms with Gasteiger partial charge in [0.15, 0.2) is 5.13 Å². The summed E-state index contributed by atoms with van der Waals surface area (Å²) in [6, 6.07) is 0. The van der Waals surface area contributed by atoms with Gasteiger partial charge in [0.2, 0.25) is 5.91 Å². The van der Waals surface area contributed by atoms with E-state index in [2.05, 4.69) is 10.3 Å². The van der Waals surface area contributed by atoms with Crippen molar-refractivity contribution in [3.63, 3.8) is 0 Å². The van der Waals surface area contributed by atoms with E-state index in [9.17, 15) is 9.59 Å². The van der Waals surface area contributed by atoms with Crippen LogP contribution in [0.25, 0.3) is 0 Å². The van der Waals surface area contributed by atoms with Gasteiger partial charge in [-0.25, -0.2) is 9.78 Å². The number of rotatable bonds is 5. The second kappa shape index (κ2) is 7.96. The van der Waals surface area contributed by atoms with E-state index in [-0.39, 0.29) is 5.91 Å². The number of carbonyl (C=O) groups is 2. The molecular weight excluding hydrogens is 326 g/mol. The highest BCUT2D eigenvalue weighted by Crippen LogP contribution is 2.31. The summed E-state index contributed by atoms with van der Waals surface area (Å²) in [7, 11) is 0. The number of nitrogens with zero attached hydrogens (tertiary/aromatic N) is 2. The van der Waals surface area contributed by atoms with Gasteiger partial charge in [-0.05, 0) is 19.3 Å². The maximum absolute atomic E-state index is 12.5. The third-order valence-electron chi connectivity index (χ3n) is 4.81. The van der Waals surface area contributed by atoms with E-state index < -0.39 is 6.09 Å². The topological polar surface area (TPSA) is 71.5 Å². The summed E-state index contributed by atoms with van der Waals surface area (Å²) in [6.07, 6.45) is 7.18. The fourth-order valence-electron chi connectivity index (χ4n) is 3.50. The molecule has 2 amide bonds. The first-order valence-electron chi connectivity index (χ1n) is 8.86. The van der Waals surface area contributed by atoms with Crippen LogP contribution in [-0.4, -0.2) is 35.0 Å². The zero-order valence-corrected chi connectivity index (χ0v) is 15.0. The molecule has 3 rings (SSSR count). The second-order valence-corrected chi connectivity index (χ2v) is 7.57. The molecule has 1 N–H and O–H groups in total. The summed E-state index contributed by atoms with van der Waals surface area (Å²) < 4.78 is 4.87. The number of amides is 2. The Morgan fingerprint density at radius 3 is 2.92 bits per heavy atom. The standard InChI is InChI=1S/C17H25N3O3S/c1-2-23-17(22)19-16-18-13-9-10-20(11-14(13)24-16)15(21)8-7-12-5-3-4-6-12/h12H,2-11H2,1H3,(H,18,19,22). The molecule has 1 aromatic rings. The molecule has 1 fully saturated rings. The molecule has 24 heavy (non-hydrogen) atoms. The molecule has 0 spiro atoms. The van der Waals surface area contributed by atoms with Gasteiger partial charge in [0.1, 0.15) is 0 Å². The Bertz CT molecular complexity index is 596. The van der Waals surface area contributed by atoms with Crippen molar-refractivity contribution in [2.75, 3.05) is 18.5 Å². The molecule has 1 aliphatic carbocycles. The van der Waals surface area contributed by atoms with Crippen LogP contribution in [0.1, 0.15) is 56.0 Å². The minimum atomic E-state index is -0.479. The molecule has 0 bridgehead atoms. The molecule has 2 aliphatic rings. The molecule has 6 nitrogen and oxygen atoms in total. The molecule has 1 aliphatic heterocycles. The molecule has 0 saturated heterocycles. The fraction of sp³-hybridized carbons (Fsp3) is 0.706. The largest absolute Gasteiger partial charge is 0.450 e. The number of hydrogen-bond acceptors (Lipinski definition) is 5. The van der Waals surface area contributed by atoms with E-state index in [4.69, 9.17) is 4.74 Å². The van der Waals surface area contributed by atoms with E-state index in [1.807, 2.05) is 4.90 Å². The SMILES string of the molecule is CCOC(=O)Nc1nc2c(s1)CN(C(=O)CCC1CCCC1)CC2. The van der Waals surface area contributed by atoms with E-state index in [1.54, 1.807) is 6.92 Å². The minimum Gasteiger partial charge on any atom is -0.450 e. The van der Waals surface area contributed by atoms with Crippen LogP contribution in [-0.2, 0) is 22.5 Å². The number of anilines is 1. The normalized spacial score (nSPS) is 17.6. The highest BCUT2D eigenvalue weighted by atomic mass is 32.1. The molecule has 2 heterocycles. The zero-order valence-electron chi connectivity index (χ0n) is 14.2. The predicted octanol–water partition coefficient (Wildman–Crippen LogP) is 3.57. The summed E-state index contributed by atoms with van der Waals surface area (Å²) in [6.45, 7) is 3.43. The van der Waals surface area contributed by atoms with Gasteiger partial charge in [-0.15, -0.1) is 0 Å². The van der Waals surface area contributed by atoms with Gasteiger partial charge >= 0.3 is 6.09 Å². The lowest BCUT2D eigenvalue weighted by Crippen LogP contribution is -2.35. The molecule has 0 aromatic carbocycles. The van der Waals surface area contributed by atoms with Crippen molar-refractivity contribution in [3.05, 3.63) is 10.6 Å². The van der Waals surface area contributed by atoms with Crippen molar-refractivity contribution in [2.45, 2.75) is 58.4 Å². The van der Waals surface area contributed by atoms with Gasteiger partial charge in [0.25, 0.3) is 0 Å². The van der Waals surface area contributed by atoms with Crippen LogP contribution < -0.4 is 5.32 Å². The molecule has 1 aromatic heterocycles. The van der Waals surface area contributed by atoms with E-state index >= 15 is 0 Å². The summed E-state index contributed by atoms with van der Waals surface area (Å²) in [4.78, 5) is 31.4. The van der Waals surface area contributed by atoms with Crippen molar-refractivity contribution >= 4 is 28.5 Å². The first-order valence-corrected chi connectivity index (χ1v) is 9.67. The lowest BCUT2D eigenvalue weighted by Gasteiger charge is -2.26. The molecule has 7 heteroatoms. The van der Waals surface area contributed by atoms with Crippen LogP contribution in [0.5, 0.6) is 0 Å². The first-order chi connectivity index (χ1) is 11.7. The Kier molecular flexibility index (Phi) is 5.71. The average Bonchev–Trinajstić information content (AvgIpc) is 3.20. The maximum atomic E-state index is 12.5. The molecule has 132 valence electrons. The van der Waals surface area contributed by atoms with Crippen molar-refractivity contribution in [1.82, 2.24) is 9.88 Å². The van der Waals surface area contributed by atoms with Crippen LogP contribution >= 0.6 is 11.3 Å². The summed E-state index contributed by atoms with van der Waals surface area (Å²) in [5, 5.41) is 3.20. The quantitative estimate of drug-likeness (QED) is 0.880. The average molecular weight is 351 g/mol. The highest BCUT2D eigenvalue weighted by molar-refractivity contribution is 7.15. The number of hydrogen-bond donors (Lipinski definition) is 1. The van der Waals surface area contributed by atoms with Gasteiger partial charge in [0, 0.05) is 24.3 Å². The van der Waals surface area contributed by atoms with Crippen LogP contribution in [0.4, 0.5) is 9.93 Å². The molecule has 1 saturated carbocycles. The minimum absolute atomic E-state index is 0.251. The monoisotopic (exact) mass is 351 g/mol. The number of carbonyl (C=O) groups excluding carboxylic acids is 2. The van der Waals surface area contributed by atoms with Crippen LogP contribution in [0.15, 0.2) is 0 Å². The van der Waals surface area contributed by atoms with Crippen LogP contribution in [0, 0.1) is 5.92 Å². The van der Waals surface area contributed by atoms with E-state index in [1.165, 1.54) is 37.0 Å². The van der Waals surface area contributed by atoms with Gasteiger partial charge < -0.3 is 9.64 Å². The van der Waals surface area contributed by atoms with Crippen LogP contribution in [0.2, 0.25) is 0 Å². The summed E-state index contributed by atoms with van der Waals surface area (Å²) in [5.41, 5.74) is 0.992. The molecule has 0 atom stereocenters. The number of thiazole rings is 1. The summed E-state index contributed by atoms with van der Waals surface area (Å²) >= 11 is 1.44. The first kappa shape index (κ1) is 17.2. The van der Waals surface area contributed by atoms with Crippen molar-refractivity contribution in [2.24, 2.45) is 5.92 Å². The smallest absolute Gasteiger partial charge is 0.413 e. The zero-order chi connectivity index (χ0) is 16.9. The maximum Gasteiger partial charge on any atom is 0.413 e. The number of nitrogens with one attached hydrogen (secondary N) is 1. The number of aromatic nitrogens is 1. The number of fused-ring (bicyclic) bond motifs is 1. The molecule has 0 unspecified atom stereocenters. The second-order valence-electron chi connectivity index (χ2n) is 6.49. The van der Waals surface area contributed by atoms with Gasteiger partial charge in [0.05, 0.1) is 18.8 Å². The Hall–Kier alpha value is -1.63. The lowest BCUT2D eigenvalue weighted by molar-refractivity contribution is -0.132. The van der Waals surface area contributed by atoms with E-state index in [0.717, 1.165) is 35.9 Å². The Labute approximate surface area is 146 Å². The van der Waals surface area contributed by atoms with Gasteiger partial charge in [-0.3, -0.25) is 10.1 Å². The van der Waals surface area contributed by atoms with E-state index in [0.29, 0.717) is 24.7 Å². The summed E-state index contributed by atoms with van der Waals surface area (Å²) in [5.74, 6) is 0.999. The number of ether oxygens (including phenoxy) is 1. The highest BCUT2D eigenvalue weighted by Gasteiger charge is 2.25. The van der Waals surface area contributed by atoms with Gasteiger partial charge in [-0.1, -0.05) is 37.0 Å². The van der Waals surface area contributed by atoms with Crippen LogP contribution in [0.3, 0.4) is 0 Å². The Balaban J connectivity index is 1.52. The Morgan fingerprint density at radius 2 is 2.17 bits per heavy atom. The lowest BCUT2D eigenvalue weighted by atomic mass is 10.0. The fourth-order valence-corrected chi connectivity index (χ4v) is 4.51. The molecule has 0 radical (unpaired) electrons. The van der Waals surface area contributed by atoms with Crippen molar-refractivity contribution in [1.29, 1.82) is 0 Å². The third kappa shape index (κ3) is 4.26. The van der Waals surface area contributed by atoms with Gasteiger partial charge in [-0.2, -0.15) is 0 Å². The predicted molar refractivity (Wildman–Crippen MR) is 93.1 cm³/mol. The van der Waals surface area contributed by atoms with Crippen molar-refractivity contribution in [3.8, 4) is 0 Å². The van der Waals surface area contributed by atoms with Crippen molar-refractivity contribution < 1.29 is 14.3 Å². The third-order valence-corrected chi connectivity index (χ3v) is 5.81.